The Bertz CT molecular complexity index is 242. The summed E-state index contributed by atoms with van der Waals surface area (Å²) in [6.45, 7) is 10.3. The smallest absolute Gasteiger partial charge is 0.209 e. The van der Waals surface area contributed by atoms with E-state index in [0.29, 0.717) is 65.4 Å². The summed E-state index contributed by atoms with van der Waals surface area (Å²) in [6.07, 6.45) is 0.780. The molecule has 0 aliphatic heterocycles. The van der Waals surface area contributed by atoms with E-state index in [0.717, 1.165) is 13.0 Å². The van der Waals surface area contributed by atoms with E-state index in [1.807, 2.05) is 0 Å². The van der Waals surface area contributed by atoms with Crippen molar-refractivity contribution < 1.29 is 23.7 Å². The Balaban J connectivity index is 3.01. The molecule has 0 aromatic carbocycles. The molecule has 22 heavy (non-hydrogen) atoms. The zero-order valence-corrected chi connectivity index (χ0v) is 14.2. The van der Waals surface area contributed by atoms with Gasteiger partial charge in [0.25, 0.3) is 0 Å². The average Bonchev–Trinajstić information content (AvgIpc) is 2.50. The standard InChI is InChI=1S/C15H32N2O5/c1-15(2)16-4-6-19-8-10-21-12-13-22-11-9-20-7-5-17(3)14-18/h14-16H,4-13H2,1-3H3. The summed E-state index contributed by atoms with van der Waals surface area (Å²) in [4.78, 5) is 11.9. The lowest BCUT2D eigenvalue weighted by Gasteiger charge is -2.11. The number of carbonyl (C=O) groups excluding carboxylic acids is 1. The summed E-state index contributed by atoms with van der Waals surface area (Å²) < 4.78 is 21.5. The van der Waals surface area contributed by atoms with Crippen molar-refractivity contribution in [2.45, 2.75) is 19.9 Å². The summed E-state index contributed by atoms with van der Waals surface area (Å²) in [7, 11) is 1.72. The Morgan fingerprint density at radius 1 is 0.864 bits per heavy atom. The Labute approximate surface area is 134 Å². The molecule has 0 aliphatic rings. The Kier molecular flexibility index (Phi) is 16.1. The van der Waals surface area contributed by atoms with Crippen LogP contribution in [0.1, 0.15) is 13.8 Å². The van der Waals surface area contributed by atoms with Crippen molar-refractivity contribution in [3.63, 3.8) is 0 Å². The fraction of sp³-hybridized carbons (Fsp3) is 0.933. The first-order chi connectivity index (χ1) is 10.7. The van der Waals surface area contributed by atoms with Crippen LogP contribution in [0.15, 0.2) is 0 Å². The van der Waals surface area contributed by atoms with Gasteiger partial charge >= 0.3 is 0 Å². The molecule has 1 amide bonds. The first-order valence-electron chi connectivity index (χ1n) is 7.86. The van der Waals surface area contributed by atoms with E-state index < -0.39 is 0 Å². The second-order valence-corrected chi connectivity index (χ2v) is 5.14. The van der Waals surface area contributed by atoms with Crippen LogP contribution in [0, 0.1) is 0 Å². The van der Waals surface area contributed by atoms with Crippen molar-refractivity contribution in [1.82, 2.24) is 10.2 Å². The van der Waals surface area contributed by atoms with Crippen LogP contribution in [-0.4, -0.2) is 90.3 Å². The molecule has 0 saturated carbocycles. The van der Waals surface area contributed by atoms with Crippen molar-refractivity contribution >= 4 is 6.41 Å². The molecule has 0 aliphatic carbocycles. The van der Waals surface area contributed by atoms with E-state index in [1.165, 1.54) is 4.90 Å². The number of nitrogens with one attached hydrogen (secondary N) is 1. The molecule has 0 spiro atoms. The van der Waals surface area contributed by atoms with Gasteiger partial charge in [-0.2, -0.15) is 0 Å². The molecule has 0 saturated heterocycles. The number of ether oxygens (including phenoxy) is 4. The normalized spacial score (nSPS) is 11.1. The van der Waals surface area contributed by atoms with E-state index in [1.54, 1.807) is 7.05 Å². The maximum atomic E-state index is 10.3. The number of hydrogen-bond acceptors (Lipinski definition) is 6. The first kappa shape index (κ1) is 21.3. The van der Waals surface area contributed by atoms with E-state index in [2.05, 4.69) is 19.2 Å². The molecule has 7 nitrogen and oxygen atoms in total. The van der Waals surface area contributed by atoms with Gasteiger partial charge in [0, 0.05) is 26.2 Å². The lowest BCUT2D eigenvalue weighted by atomic mass is 10.4. The number of carbonyl (C=O) groups is 1. The van der Waals surface area contributed by atoms with Crippen LogP contribution in [0.2, 0.25) is 0 Å². The zero-order valence-electron chi connectivity index (χ0n) is 14.2. The van der Waals surface area contributed by atoms with Crippen molar-refractivity contribution in [3.8, 4) is 0 Å². The Morgan fingerprint density at radius 2 is 1.32 bits per heavy atom. The summed E-state index contributed by atoms with van der Waals surface area (Å²) in [5, 5.41) is 3.28. The molecular formula is C15H32N2O5. The van der Waals surface area contributed by atoms with Crippen molar-refractivity contribution in [2.75, 3.05) is 73.0 Å². The van der Waals surface area contributed by atoms with Crippen molar-refractivity contribution in [2.24, 2.45) is 0 Å². The molecule has 0 heterocycles. The highest BCUT2D eigenvalue weighted by molar-refractivity contribution is 5.46. The molecule has 0 aromatic rings. The highest BCUT2D eigenvalue weighted by Gasteiger charge is 1.95. The highest BCUT2D eigenvalue weighted by Crippen LogP contribution is 1.84. The molecule has 7 heteroatoms. The number of amides is 1. The minimum Gasteiger partial charge on any atom is -0.378 e. The minimum absolute atomic E-state index is 0.493. The van der Waals surface area contributed by atoms with Gasteiger partial charge in [0.05, 0.1) is 52.9 Å². The van der Waals surface area contributed by atoms with Gasteiger partial charge in [-0.3, -0.25) is 4.79 Å². The molecule has 0 bridgehead atoms. The molecule has 132 valence electrons. The van der Waals surface area contributed by atoms with Gasteiger partial charge in [0.1, 0.15) is 0 Å². The summed E-state index contributed by atoms with van der Waals surface area (Å²) in [6, 6.07) is 0.493. The number of likely N-dealkylation sites (N-methyl/N-ethyl adjacent to an activating group) is 1. The van der Waals surface area contributed by atoms with Crippen LogP contribution in [0.4, 0.5) is 0 Å². The van der Waals surface area contributed by atoms with E-state index in [9.17, 15) is 4.79 Å². The molecule has 0 atom stereocenters. The zero-order chi connectivity index (χ0) is 16.5. The topological polar surface area (TPSA) is 69.3 Å². The van der Waals surface area contributed by atoms with Crippen LogP contribution in [0.25, 0.3) is 0 Å². The van der Waals surface area contributed by atoms with E-state index in [4.69, 9.17) is 18.9 Å². The molecule has 1 N–H and O–H groups in total. The minimum atomic E-state index is 0.493. The molecule has 0 rings (SSSR count). The second-order valence-electron chi connectivity index (χ2n) is 5.14. The quantitative estimate of drug-likeness (QED) is 0.304. The van der Waals surface area contributed by atoms with Crippen molar-refractivity contribution in [1.29, 1.82) is 0 Å². The number of rotatable bonds is 17. The lowest BCUT2D eigenvalue weighted by molar-refractivity contribution is -0.117. The summed E-state index contributed by atoms with van der Waals surface area (Å²) in [5.41, 5.74) is 0. The molecule has 0 fully saturated rings. The Hall–Kier alpha value is -0.730. The third-order valence-electron chi connectivity index (χ3n) is 2.68. The van der Waals surface area contributed by atoms with Gasteiger partial charge in [-0.05, 0) is 0 Å². The van der Waals surface area contributed by atoms with Gasteiger partial charge in [0.15, 0.2) is 0 Å². The first-order valence-corrected chi connectivity index (χ1v) is 7.86. The SMILES string of the molecule is CC(C)NCCOCCOCCOCCOCCN(C)C=O. The van der Waals surface area contributed by atoms with Gasteiger partial charge in [-0.25, -0.2) is 0 Å². The maximum absolute atomic E-state index is 10.3. The van der Waals surface area contributed by atoms with Gasteiger partial charge in [-0.1, -0.05) is 13.8 Å². The second kappa shape index (κ2) is 16.6. The molecule has 0 radical (unpaired) electrons. The summed E-state index contributed by atoms with van der Waals surface area (Å²) >= 11 is 0. The van der Waals surface area contributed by atoms with Crippen LogP contribution in [0.5, 0.6) is 0 Å². The largest absolute Gasteiger partial charge is 0.378 e. The maximum Gasteiger partial charge on any atom is 0.209 e. The van der Waals surface area contributed by atoms with Crippen LogP contribution in [-0.2, 0) is 23.7 Å². The van der Waals surface area contributed by atoms with Crippen LogP contribution in [0.3, 0.4) is 0 Å². The molecule has 0 aromatic heterocycles. The number of hydrogen-bond donors (Lipinski definition) is 1. The average molecular weight is 320 g/mol. The molecular weight excluding hydrogens is 288 g/mol. The fourth-order valence-corrected chi connectivity index (χ4v) is 1.44. The van der Waals surface area contributed by atoms with E-state index in [-0.39, 0.29) is 0 Å². The van der Waals surface area contributed by atoms with Crippen LogP contribution >= 0.6 is 0 Å². The van der Waals surface area contributed by atoms with Gasteiger partial charge < -0.3 is 29.2 Å². The monoisotopic (exact) mass is 320 g/mol. The summed E-state index contributed by atoms with van der Waals surface area (Å²) in [5.74, 6) is 0. The van der Waals surface area contributed by atoms with Gasteiger partial charge in [0.2, 0.25) is 6.41 Å². The predicted molar refractivity (Wildman–Crippen MR) is 85.1 cm³/mol. The van der Waals surface area contributed by atoms with Crippen LogP contribution < -0.4 is 5.32 Å². The fourth-order valence-electron chi connectivity index (χ4n) is 1.44. The van der Waals surface area contributed by atoms with Crippen molar-refractivity contribution in [3.05, 3.63) is 0 Å². The third-order valence-corrected chi connectivity index (χ3v) is 2.68. The molecule has 0 unspecified atom stereocenters. The predicted octanol–water partition coefficient (Wildman–Crippen LogP) is 0.139. The van der Waals surface area contributed by atoms with Gasteiger partial charge in [-0.15, -0.1) is 0 Å². The van der Waals surface area contributed by atoms with E-state index >= 15 is 0 Å². The number of nitrogens with zero attached hydrogens (tertiary/aromatic N) is 1. The lowest BCUT2D eigenvalue weighted by Crippen LogP contribution is -2.27. The third kappa shape index (κ3) is 17.3. The Morgan fingerprint density at radius 3 is 1.77 bits per heavy atom. The highest BCUT2D eigenvalue weighted by atomic mass is 16.6.